The Morgan fingerprint density at radius 3 is 2.27 bits per heavy atom. The van der Waals surface area contributed by atoms with Crippen molar-refractivity contribution in [1.82, 2.24) is 10.6 Å². The molecule has 0 radical (unpaired) electrons. The van der Waals surface area contributed by atoms with Gasteiger partial charge in [-0.1, -0.05) is 24.3 Å². The summed E-state index contributed by atoms with van der Waals surface area (Å²) in [7, 11) is 5.21. The molecule has 0 unspecified atom stereocenters. The van der Waals surface area contributed by atoms with Crippen LogP contribution in [-0.2, 0) is 6.54 Å². The van der Waals surface area contributed by atoms with Crippen LogP contribution in [0.4, 0.5) is 11.4 Å². The fourth-order valence-electron chi connectivity index (χ4n) is 4.38. The summed E-state index contributed by atoms with van der Waals surface area (Å²) in [5, 5.41) is 7.09. The third kappa shape index (κ3) is 5.92. The second-order valence-electron chi connectivity index (χ2n) is 8.45. The molecule has 7 heteroatoms. The van der Waals surface area contributed by atoms with Crippen LogP contribution in [0.25, 0.3) is 0 Å². The van der Waals surface area contributed by atoms with Gasteiger partial charge >= 0.3 is 0 Å². The van der Waals surface area contributed by atoms with E-state index in [2.05, 4.69) is 74.0 Å². The van der Waals surface area contributed by atoms with Gasteiger partial charge in [0.05, 0.1) is 14.2 Å². The number of aliphatic imine (C=N–C) groups is 1. The monoisotopic (exact) mass is 449 g/mol. The van der Waals surface area contributed by atoms with E-state index in [1.165, 1.54) is 11.3 Å². The van der Waals surface area contributed by atoms with Crippen LogP contribution in [0.2, 0.25) is 0 Å². The lowest BCUT2D eigenvalue weighted by molar-refractivity contribution is 0.393. The average Bonchev–Trinajstić information content (AvgIpc) is 3.42. The number of hydrogen-bond acceptors (Lipinski definition) is 5. The molecule has 1 fully saturated rings. The molecule has 0 spiro atoms. The molecule has 2 aliphatic heterocycles. The van der Waals surface area contributed by atoms with Gasteiger partial charge in [-0.2, -0.15) is 0 Å². The Kier molecular flexibility index (Phi) is 7.60. The number of piperidine rings is 1. The second kappa shape index (κ2) is 11.0. The van der Waals surface area contributed by atoms with Crippen LogP contribution in [-0.4, -0.2) is 59.4 Å². The maximum absolute atomic E-state index is 5.43. The molecule has 2 aromatic rings. The largest absolute Gasteiger partial charge is 0.497 e. The lowest BCUT2D eigenvalue weighted by atomic mass is 10.0. The Labute approximate surface area is 197 Å². The van der Waals surface area contributed by atoms with E-state index in [0.29, 0.717) is 6.04 Å². The molecule has 4 rings (SSSR count). The number of rotatable bonds is 7. The van der Waals surface area contributed by atoms with E-state index in [0.717, 1.165) is 68.7 Å². The van der Waals surface area contributed by atoms with Crippen LogP contribution in [0.3, 0.4) is 0 Å². The summed E-state index contributed by atoms with van der Waals surface area (Å²) in [5.74, 6) is 2.49. The lowest BCUT2D eigenvalue weighted by Crippen LogP contribution is -2.48. The van der Waals surface area contributed by atoms with Gasteiger partial charge in [0, 0.05) is 75.4 Å². The number of ether oxygens (including phenoxy) is 2. The SMILES string of the molecule is CN=C(NCc1cccc(N2CC=CC2)c1)NC1CCN(c2cc(OC)cc(OC)c2)CC1. The Bertz CT molecular complexity index is 952. The first kappa shape index (κ1) is 22.8. The Morgan fingerprint density at radius 2 is 1.64 bits per heavy atom. The molecule has 0 amide bonds. The van der Waals surface area contributed by atoms with E-state index in [9.17, 15) is 0 Å². The van der Waals surface area contributed by atoms with E-state index in [4.69, 9.17) is 9.47 Å². The molecule has 2 aromatic carbocycles. The summed E-state index contributed by atoms with van der Waals surface area (Å²) in [6, 6.07) is 15.2. The number of guanidine groups is 1. The number of nitrogens with zero attached hydrogens (tertiary/aromatic N) is 3. The van der Waals surface area contributed by atoms with E-state index in [1.807, 2.05) is 13.1 Å². The molecule has 7 nitrogen and oxygen atoms in total. The number of benzene rings is 2. The van der Waals surface area contributed by atoms with Gasteiger partial charge < -0.3 is 29.9 Å². The minimum Gasteiger partial charge on any atom is -0.497 e. The van der Waals surface area contributed by atoms with Crippen LogP contribution in [0.5, 0.6) is 11.5 Å². The van der Waals surface area contributed by atoms with Gasteiger partial charge in [-0.3, -0.25) is 4.99 Å². The number of nitrogens with one attached hydrogen (secondary N) is 2. The summed E-state index contributed by atoms with van der Waals surface area (Å²) < 4.78 is 10.9. The molecule has 2 aliphatic rings. The van der Waals surface area contributed by atoms with Gasteiger partial charge in [0.1, 0.15) is 11.5 Å². The van der Waals surface area contributed by atoms with Crippen molar-refractivity contribution in [2.75, 3.05) is 57.2 Å². The van der Waals surface area contributed by atoms with Crippen LogP contribution >= 0.6 is 0 Å². The number of methoxy groups -OCH3 is 2. The topological polar surface area (TPSA) is 61.4 Å². The molecule has 33 heavy (non-hydrogen) atoms. The minimum atomic E-state index is 0.391. The van der Waals surface area contributed by atoms with Gasteiger partial charge in [-0.25, -0.2) is 0 Å². The summed E-state index contributed by atoms with van der Waals surface area (Å²) in [6.07, 6.45) is 6.51. The van der Waals surface area contributed by atoms with Crippen molar-refractivity contribution in [3.05, 3.63) is 60.2 Å². The fraction of sp³-hybridized carbons (Fsp3) is 0.423. The van der Waals surface area contributed by atoms with Gasteiger partial charge in [0.25, 0.3) is 0 Å². The molecule has 0 aromatic heterocycles. The van der Waals surface area contributed by atoms with E-state index < -0.39 is 0 Å². The maximum atomic E-state index is 5.43. The van der Waals surface area contributed by atoms with Crippen LogP contribution < -0.4 is 29.9 Å². The molecular formula is C26H35N5O2. The molecule has 2 heterocycles. The highest BCUT2D eigenvalue weighted by molar-refractivity contribution is 5.80. The lowest BCUT2D eigenvalue weighted by Gasteiger charge is -2.34. The molecular weight excluding hydrogens is 414 g/mol. The second-order valence-corrected chi connectivity index (χ2v) is 8.45. The molecule has 176 valence electrons. The Hall–Kier alpha value is -3.35. The predicted octanol–water partition coefficient (Wildman–Crippen LogP) is 3.41. The minimum absolute atomic E-state index is 0.391. The fourth-order valence-corrected chi connectivity index (χ4v) is 4.38. The van der Waals surface area contributed by atoms with Crippen molar-refractivity contribution in [2.45, 2.75) is 25.4 Å². The Balaban J connectivity index is 1.28. The van der Waals surface area contributed by atoms with Crippen LogP contribution in [0, 0.1) is 0 Å². The quantitative estimate of drug-likeness (QED) is 0.384. The predicted molar refractivity (Wildman–Crippen MR) is 136 cm³/mol. The third-order valence-electron chi connectivity index (χ3n) is 6.31. The van der Waals surface area contributed by atoms with E-state index in [1.54, 1.807) is 14.2 Å². The Morgan fingerprint density at radius 1 is 0.939 bits per heavy atom. The zero-order chi connectivity index (χ0) is 23.0. The normalized spacial score (nSPS) is 16.8. The molecule has 0 aliphatic carbocycles. The van der Waals surface area contributed by atoms with Gasteiger partial charge in [-0.05, 0) is 30.5 Å². The molecule has 1 saturated heterocycles. The summed E-state index contributed by atoms with van der Waals surface area (Å²) in [6.45, 7) is 4.66. The van der Waals surface area contributed by atoms with Crippen molar-refractivity contribution < 1.29 is 9.47 Å². The van der Waals surface area contributed by atoms with Gasteiger partial charge in [0.2, 0.25) is 0 Å². The van der Waals surface area contributed by atoms with Gasteiger partial charge in [-0.15, -0.1) is 0 Å². The van der Waals surface area contributed by atoms with Crippen molar-refractivity contribution in [2.24, 2.45) is 4.99 Å². The summed E-state index contributed by atoms with van der Waals surface area (Å²) in [4.78, 5) is 9.20. The standard InChI is InChI=1S/C26H35N5O2/c1-27-26(28-19-20-7-6-8-22(15-20)30-11-4-5-12-30)29-21-9-13-31(14-10-21)23-16-24(32-2)18-25(17-23)33-3/h4-8,15-18,21H,9-14,19H2,1-3H3,(H2,27,28,29). The smallest absolute Gasteiger partial charge is 0.191 e. The summed E-state index contributed by atoms with van der Waals surface area (Å²) in [5.41, 5.74) is 3.66. The average molecular weight is 450 g/mol. The van der Waals surface area contributed by atoms with E-state index in [-0.39, 0.29) is 0 Å². The zero-order valence-corrected chi connectivity index (χ0v) is 19.9. The summed E-state index contributed by atoms with van der Waals surface area (Å²) >= 11 is 0. The third-order valence-corrected chi connectivity index (χ3v) is 6.31. The van der Waals surface area contributed by atoms with E-state index >= 15 is 0 Å². The highest BCUT2D eigenvalue weighted by Crippen LogP contribution is 2.30. The zero-order valence-electron chi connectivity index (χ0n) is 19.9. The first-order valence-corrected chi connectivity index (χ1v) is 11.6. The van der Waals surface area contributed by atoms with Gasteiger partial charge in [0.15, 0.2) is 5.96 Å². The highest BCUT2D eigenvalue weighted by Gasteiger charge is 2.21. The number of anilines is 2. The number of hydrogen-bond donors (Lipinski definition) is 2. The molecule has 2 N–H and O–H groups in total. The first-order valence-electron chi connectivity index (χ1n) is 11.6. The molecule has 0 bridgehead atoms. The van der Waals surface area contributed by atoms with Crippen molar-refractivity contribution in [3.63, 3.8) is 0 Å². The van der Waals surface area contributed by atoms with Crippen LogP contribution in [0.15, 0.2) is 59.6 Å². The highest BCUT2D eigenvalue weighted by atomic mass is 16.5. The first-order chi connectivity index (χ1) is 16.2. The van der Waals surface area contributed by atoms with Crippen molar-refractivity contribution >= 4 is 17.3 Å². The van der Waals surface area contributed by atoms with Crippen LogP contribution in [0.1, 0.15) is 18.4 Å². The maximum Gasteiger partial charge on any atom is 0.191 e. The molecule has 0 atom stereocenters. The van der Waals surface area contributed by atoms with Crippen molar-refractivity contribution in [3.8, 4) is 11.5 Å². The van der Waals surface area contributed by atoms with Crippen molar-refractivity contribution in [1.29, 1.82) is 0 Å². The molecule has 0 saturated carbocycles.